The van der Waals surface area contributed by atoms with Crippen LogP contribution in [0.3, 0.4) is 0 Å². The molecule has 1 atom stereocenters. The number of carboxylic acid groups (broad SMARTS) is 1. The fraction of sp³-hybridized carbons (Fsp3) is 0.579. The van der Waals surface area contributed by atoms with Crippen molar-refractivity contribution in [3.63, 3.8) is 0 Å². The Morgan fingerprint density at radius 2 is 1.96 bits per heavy atom. The molecule has 1 aliphatic carbocycles. The molecule has 1 aliphatic rings. The lowest BCUT2D eigenvalue weighted by atomic mass is 9.76. The molecule has 1 fully saturated rings. The predicted molar refractivity (Wildman–Crippen MR) is 90.0 cm³/mol. The lowest BCUT2D eigenvalue weighted by Gasteiger charge is -2.30. The second kappa shape index (κ2) is 8.14. The number of aliphatic carboxylic acids is 1. The zero-order valence-corrected chi connectivity index (χ0v) is 12.5. The van der Waals surface area contributed by atoms with Crippen molar-refractivity contribution in [2.45, 2.75) is 51.8 Å². The van der Waals surface area contributed by atoms with Crippen LogP contribution < -0.4 is 5.32 Å². The van der Waals surface area contributed by atoms with E-state index in [1.165, 1.54) is 0 Å². The molecule has 2 rings (SSSR count). The molecule has 0 aromatic heterocycles. The topological polar surface area (TPSA) is 66.4 Å². The number of nitrogens with one attached hydrogen (secondary N) is 1. The predicted octanol–water partition coefficient (Wildman–Crippen LogP) is 3.26. The van der Waals surface area contributed by atoms with Crippen LogP contribution in [0, 0.1) is 17.7 Å². The second-order valence-corrected chi connectivity index (χ2v) is 5.52. The number of carboxylic acids is 1. The van der Waals surface area contributed by atoms with Crippen molar-refractivity contribution in [2.75, 3.05) is 0 Å². The van der Waals surface area contributed by atoms with Crippen LogP contribution in [0.1, 0.15) is 62.8 Å². The van der Waals surface area contributed by atoms with E-state index in [-0.39, 0.29) is 25.7 Å². The summed E-state index contributed by atoms with van der Waals surface area (Å²) in [6.45, 7) is -6.22. The van der Waals surface area contributed by atoms with Gasteiger partial charge >= 0.3 is 5.97 Å². The Bertz CT molecular complexity index is 988. The van der Waals surface area contributed by atoms with E-state index in [9.17, 15) is 14.7 Å². The van der Waals surface area contributed by atoms with Gasteiger partial charge < -0.3 is 10.4 Å². The summed E-state index contributed by atoms with van der Waals surface area (Å²) in [5.41, 5.74) is -0.461. The van der Waals surface area contributed by atoms with Gasteiger partial charge in [-0.1, -0.05) is 43.9 Å². The molecule has 0 bridgehead atoms. The van der Waals surface area contributed by atoms with Crippen LogP contribution in [0.15, 0.2) is 30.2 Å². The van der Waals surface area contributed by atoms with Gasteiger partial charge in [-0.2, -0.15) is 0 Å². The van der Waals surface area contributed by atoms with Crippen LogP contribution in [0.25, 0.3) is 0 Å². The van der Waals surface area contributed by atoms with Crippen molar-refractivity contribution in [3.05, 3.63) is 35.8 Å². The van der Waals surface area contributed by atoms with E-state index in [4.69, 9.17) is 17.8 Å². The van der Waals surface area contributed by atoms with Gasteiger partial charge in [-0.25, -0.2) is 4.79 Å². The fourth-order valence-electron chi connectivity index (χ4n) is 2.61. The molecule has 0 radical (unpaired) electrons. The van der Waals surface area contributed by atoms with Crippen LogP contribution in [0.4, 0.5) is 0 Å². The summed E-state index contributed by atoms with van der Waals surface area (Å²) in [5.74, 6) is -7.44. The third kappa shape index (κ3) is 5.08. The van der Waals surface area contributed by atoms with Gasteiger partial charge in [-0.3, -0.25) is 4.79 Å². The Labute approximate surface area is 156 Å². The Hall–Kier alpha value is -1.84. The van der Waals surface area contributed by atoms with Crippen molar-refractivity contribution < 1.29 is 32.5 Å². The average molecular weight is 331 g/mol. The van der Waals surface area contributed by atoms with Crippen LogP contribution in [0.5, 0.6) is 0 Å². The normalized spacial score (nSPS) is 33.7. The first-order valence-electron chi connectivity index (χ1n) is 13.8. The number of hydrogen-bond donors (Lipinski definition) is 2. The van der Waals surface area contributed by atoms with E-state index in [0.717, 1.165) is 0 Å². The third-order valence-corrected chi connectivity index (χ3v) is 3.94. The lowest BCUT2D eigenvalue weighted by Crippen LogP contribution is -2.45. The minimum atomic E-state index is -3.11. The maximum Gasteiger partial charge on any atom is 0.326 e. The van der Waals surface area contributed by atoms with Crippen molar-refractivity contribution in [3.8, 4) is 0 Å². The maximum atomic E-state index is 12.9. The number of benzene rings is 1. The van der Waals surface area contributed by atoms with E-state index in [0.29, 0.717) is 0 Å². The molecule has 1 unspecified atom stereocenters. The molecule has 126 valence electrons. The molecule has 2 N–H and O–H groups in total. The Morgan fingerprint density at radius 3 is 2.52 bits per heavy atom. The number of rotatable bonds is 6. The summed E-state index contributed by atoms with van der Waals surface area (Å²) in [6, 6.07) is -6.31. The van der Waals surface area contributed by atoms with Gasteiger partial charge in [0.2, 0.25) is 5.91 Å². The van der Waals surface area contributed by atoms with Crippen molar-refractivity contribution in [1.82, 2.24) is 5.32 Å². The molecular formula is C19H27NO3. The number of amides is 1. The summed E-state index contributed by atoms with van der Waals surface area (Å²) in [6.07, 6.45) is -1.21. The second-order valence-electron chi connectivity index (χ2n) is 5.52. The van der Waals surface area contributed by atoms with Crippen LogP contribution in [-0.2, 0) is 16.0 Å². The molecule has 0 aliphatic heterocycles. The minimum Gasteiger partial charge on any atom is -0.480 e. The highest BCUT2D eigenvalue weighted by Gasteiger charge is 2.30. The molecule has 23 heavy (non-hydrogen) atoms. The van der Waals surface area contributed by atoms with Gasteiger partial charge in [0.15, 0.2) is 0 Å². The van der Waals surface area contributed by atoms with Gasteiger partial charge in [0.05, 0.1) is 8.22 Å². The van der Waals surface area contributed by atoms with E-state index in [1.807, 2.05) is 0 Å². The van der Waals surface area contributed by atoms with Gasteiger partial charge in [0.1, 0.15) is 6.02 Å². The van der Waals surface area contributed by atoms with E-state index in [2.05, 4.69) is 5.32 Å². The molecule has 1 amide bonds. The van der Waals surface area contributed by atoms with Crippen LogP contribution in [-0.4, -0.2) is 23.0 Å². The highest BCUT2D eigenvalue weighted by atomic mass is 16.4. The van der Waals surface area contributed by atoms with Crippen LogP contribution >= 0.6 is 0 Å². The zero-order valence-electron chi connectivity index (χ0n) is 25.5. The van der Waals surface area contributed by atoms with Gasteiger partial charge in [-0.15, -0.1) is 0 Å². The summed E-state index contributed by atoms with van der Waals surface area (Å²) in [4.78, 5) is 24.8. The summed E-state index contributed by atoms with van der Waals surface area (Å²) in [5, 5.41) is 11.7. The minimum absolute atomic E-state index is 0.0480. The number of hydrogen-bond acceptors (Lipinski definition) is 2. The Balaban J connectivity index is 2.24. The number of carbonyl (C=O) groups is 2. The molecular weight excluding hydrogens is 290 g/mol. The summed E-state index contributed by atoms with van der Waals surface area (Å²) < 4.78 is 101. The van der Waals surface area contributed by atoms with E-state index >= 15 is 0 Å². The van der Waals surface area contributed by atoms with Gasteiger partial charge in [-0.05, 0) is 43.1 Å². The molecule has 0 heterocycles. The van der Waals surface area contributed by atoms with Gasteiger partial charge in [0, 0.05) is 21.9 Å². The smallest absolute Gasteiger partial charge is 0.326 e. The third-order valence-electron chi connectivity index (χ3n) is 3.94. The lowest BCUT2D eigenvalue weighted by molar-refractivity contribution is -0.142. The quantitative estimate of drug-likeness (QED) is 0.841. The first-order chi connectivity index (χ1) is 16.2. The Kier molecular flexibility index (Phi) is 2.46. The molecule has 0 spiro atoms. The SMILES string of the molecule is [2H]c1c([2H])c([2H])c(CC([2H])(NC(=O)[C@H]2CC[C@H](C([2H])(C([2H])([2H])[2H])C([2H])([2H])[2H])CC2)C(=O)O)c([2H])c1[2H]. The van der Waals surface area contributed by atoms with Crippen molar-refractivity contribution in [2.24, 2.45) is 17.7 Å². The fourth-order valence-corrected chi connectivity index (χ4v) is 2.61. The standard InChI is InChI=1S/C19H27NO3/c1-13(2)15-8-10-16(11-9-15)18(21)20-17(19(22)23)12-14-6-4-3-5-7-14/h3-7,13,15-17H,8-12H2,1-2H3,(H,20,21)(H,22,23)/t15-,16-,17?/i1D3,2D3,3D,4D,5D,6D,7D,13D,17D. The van der Waals surface area contributed by atoms with Crippen molar-refractivity contribution >= 4 is 11.9 Å². The molecule has 0 saturated heterocycles. The molecule has 4 heteroatoms. The van der Waals surface area contributed by atoms with E-state index in [1.54, 1.807) is 0 Å². The maximum absolute atomic E-state index is 12.9. The number of carbonyl (C=O) groups excluding carboxylic acids is 1. The van der Waals surface area contributed by atoms with Crippen LogP contribution in [0.2, 0.25) is 0 Å². The molecule has 4 nitrogen and oxygen atoms in total. The first kappa shape index (κ1) is 6.96. The molecule has 1 aromatic carbocycles. The largest absolute Gasteiger partial charge is 0.480 e. The zero-order chi connectivity index (χ0) is 28.0. The summed E-state index contributed by atoms with van der Waals surface area (Å²) in [7, 11) is 0. The highest BCUT2D eigenvalue weighted by Crippen LogP contribution is 2.33. The highest BCUT2D eigenvalue weighted by molar-refractivity contribution is 5.85. The summed E-state index contributed by atoms with van der Waals surface area (Å²) >= 11 is 0. The first-order valence-corrected chi connectivity index (χ1v) is 7.30. The molecule has 1 saturated carbocycles. The molecule has 1 aromatic rings. The van der Waals surface area contributed by atoms with Crippen molar-refractivity contribution in [1.29, 1.82) is 0 Å². The Morgan fingerprint density at radius 1 is 1.30 bits per heavy atom. The van der Waals surface area contributed by atoms with Gasteiger partial charge in [0.25, 0.3) is 0 Å². The van der Waals surface area contributed by atoms with E-state index < -0.39 is 91.5 Å². The monoisotopic (exact) mass is 330 g/mol. The average Bonchev–Trinajstić information content (AvgIpc) is 2.77.